The Bertz CT molecular complexity index is 2840. The Balaban J connectivity index is 1.60. The number of hydrogen-bond acceptors (Lipinski definition) is 15. The Kier molecular flexibility index (Phi) is 26.4. The van der Waals surface area contributed by atoms with Gasteiger partial charge in [0.2, 0.25) is 47.3 Å². The van der Waals surface area contributed by atoms with Crippen molar-refractivity contribution < 1.29 is 47.9 Å². The summed E-state index contributed by atoms with van der Waals surface area (Å²) in [6.07, 6.45) is 2.55. The summed E-state index contributed by atoms with van der Waals surface area (Å²) in [5, 5.41) is 24.1. The maximum Gasteiger partial charge on any atom is 0.325 e. The molecule has 11 amide bonds. The van der Waals surface area contributed by atoms with E-state index in [0.29, 0.717) is 11.1 Å². The molecule has 3 aromatic rings. The molecule has 82 heavy (non-hydrogen) atoms. The second-order valence-electron chi connectivity index (χ2n) is 18.8. The molecule has 29 nitrogen and oxygen atoms in total. The van der Waals surface area contributed by atoms with Crippen LogP contribution < -0.4 is 76.5 Å². The number of H-pyrrole nitrogens is 1. The van der Waals surface area contributed by atoms with Gasteiger partial charge in [0, 0.05) is 73.7 Å². The molecule has 0 saturated carbocycles. The Labute approximate surface area is 483 Å². The van der Waals surface area contributed by atoms with E-state index in [1.807, 2.05) is 18.2 Å². The van der Waals surface area contributed by atoms with Crippen LogP contribution in [0, 0.1) is 0 Å². The fraction of sp³-hybridized carbons (Fsp3) is 0.431. The third-order valence-corrected chi connectivity index (χ3v) is 13.3. The second kappa shape index (κ2) is 33.0. The van der Waals surface area contributed by atoms with Gasteiger partial charge in [-0.25, -0.2) is 4.79 Å². The van der Waals surface area contributed by atoms with Crippen LogP contribution in [0.2, 0.25) is 0 Å². The predicted molar refractivity (Wildman–Crippen MR) is 313 cm³/mol. The Morgan fingerprint density at radius 3 is 1.77 bits per heavy atom. The smallest absolute Gasteiger partial charge is 0.325 e. The van der Waals surface area contributed by atoms with Crippen molar-refractivity contribution in [1.29, 1.82) is 0 Å². The first-order valence-corrected chi connectivity index (χ1v) is 27.1. The van der Waals surface area contributed by atoms with E-state index in [0.717, 1.165) is 15.8 Å². The molecule has 1 fully saturated rings. The minimum atomic E-state index is -1.50. The molecule has 8 atom stereocenters. The van der Waals surface area contributed by atoms with E-state index in [9.17, 15) is 47.9 Å². The molecule has 0 spiro atoms. The molecule has 2 heterocycles. The van der Waals surface area contributed by atoms with E-state index in [2.05, 4.69) is 99.6 Å². The number of aliphatic imine (C=N–C) groups is 3. The van der Waals surface area contributed by atoms with Crippen LogP contribution in [0.25, 0.3) is 10.9 Å². The zero-order valence-electron chi connectivity index (χ0n) is 45.3. The fourth-order valence-corrected chi connectivity index (χ4v) is 8.81. The lowest BCUT2D eigenvalue weighted by molar-refractivity contribution is -0.137. The molecule has 31 heteroatoms. The number of benzene rings is 2. The maximum absolute atomic E-state index is 14.7. The number of rotatable bonds is 34. The Morgan fingerprint density at radius 2 is 1.18 bits per heavy atom. The number of aromatic nitrogens is 1. The van der Waals surface area contributed by atoms with Crippen molar-refractivity contribution in [2.45, 2.75) is 100 Å². The van der Waals surface area contributed by atoms with Crippen LogP contribution >= 0.6 is 25.3 Å². The van der Waals surface area contributed by atoms with Crippen molar-refractivity contribution in [3.63, 3.8) is 0 Å². The van der Waals surface area contributed by atoms with Gasteiger partial charge in [-0.3, -0.25) is 63.0 Å². The van der Waals surface area contributed by atoms with Crippen LogP contribution in [-0.4, -0.2) is 174 Å². The number of nitrogens with one attached hydrogen (secondary N) is 10. The quantitative estimate of drug-likeness (QED) is 0.00889. The third-order valence-electron chi connectivity index (χ3n) is 12.5. The number of carbonyl (C=O) groups is 10. The van der Waals surface area contributed by atoms with Gasteiger partial charge >= 0.3 is 6.03 Å². The molecule has 0 radical (unpaired) electrons. The fourth-order valence-electron chi connectivity index (χ4n) is 8.29. The zero-order chi connectivity index (χ0) is 60.5. The molecular weight excluding hydrogens is 1100 g/mol. The van der Waals surface area contributed by atoms with Crippen molar-refractivity contribution in [2.75, 3.05) is 38.2 Å². The van der Waals surface area contributed by atoms with Crippen LogP contribution in [0.15, 0.2) is 88.0 Å². The number of fused-ring (bicyclic) bond motifs is 1. The van der Waals surface area contributed by atoms with Crippen molar-refractivity contribution in [3.8, 4) is 0 Å². The highest BCUT2D eigenvalue weighted by molar-refractivity contribution is 7.80. The highest BCUT2D eigenvalue weighted by atomic mass is 32.1. The molecule has 444 valence electrons. The SMILES string of the molecule is C=C(C[C@H](NC(=O)[C@@H](C)NC(=O)[C@H](CS)NC(=O)[C@H](CCCN=C(N)N)N1C(=O)CNC1=O)C(=O)N[C@H](Cc1ccccc1)C(=O)N[C@@H](CCCN=C(N)N)C(=O)N[C@@H](Cc1c[nH]c2ccccc12)C(=O)N[C@@H](CS)C(N)=O)NC=NC. The normalized spacial score (nSPS) is 15.0. The summed E-state index contributed by atoms with van der Waals surface area (Å²) in [4.78, 5) is 152. The Hall–Kier alpha value is -8.87. The summed E-state index contributed by atoms with van der Waals surface area (Å²) >= 11 is 8.37. The maximum atomic E-state index is 14.7. The number of aromatic amines is 1. The summed E-state index contributed by atoms with van der Waals surface area (Å²) in [5.41, 5.74) is 29.6. The van der Waals surface area contributed by atoms with Crippen LogP contribution in [-0.2, 0) is 56.0 Å². The standard InChI is InChI=1S/C51H73N19O10S2/c1-27(62-26-57-3)19-34(65-42(73)28(2)63-47(78)38(25-82)69-48(79)39(16-10-18-59-50(55)56)70-40(71)23-61-51(70)80)44(75)66-35(20-29-11-5-4-6-12-29)45(76)64-33(15-9-17-58-49(53)54)43(74)67-36(46(77)68-37(24-81)41(52)72)21-30-22-60-32-14-8-7-13-31(30)32/h4-8,11-14,22,26,28,33-39,60,81-82H,1,9-10,15-21,23-25H2,2-3H3,(H2,52,72)(H,57,62)(H,61,80)(H,63,78)(H,64,76)(H,65,73)(H,66,75)(H,67,74)(H,68,77)(H,69,79)(H4,53,54,58)(H4,55,56,59)/t28-,33+,34+,35-,36+,37+,38+,39+/m1/s1. The van der Waals surface area contributed by atoms with Crippen LogP contribution in [0.5, 0.6) is 0 Å². The van der Waals surface area contributed by atoms with Crippen molar-refractivity contribution in [1.82, 2.24) is 57.7 Å². The number of para-hydroxylation sites is 1. The Morgan fingerprint density at radius 1 is 0.659 bits per heavy atom. The van der Waals surface area contributed by atoms with Gasteiger partial charge in [-0.2, -0.15) is 25.3 Å². The van der Waals surface area contributed by atoms with Gasteiger partial charge in [0.15, 0.2) is 11.9 Å². The first kappa shape index (κ1) is 65.6. The summed E-state index contributed by atoms with van der Waals surface area (Å²) < 4.78 is 0. The molecule has 1 aliphatic heterocycles. The van der Waals surface area contributed by atoms with Gasteiger partial charge < -0.3 is 81.5 Å². The lowest BCUT2D eigenvalue weighted by Crippen LogP contribution is -2.60. The number of thiol groups is 2. The van der Waals surface area contributed by atoms with Gasteiger partial charge in [0.05, 0.1) is 12.9 Å². The first-order valence-electron chi connectivity index (χ1n) is 25.8. The number of carbonyl (C=O) groups excluding carboxylic acids is 10. The van der Waals surface area contributed by atoms with Crippen molar-refractivity contribution >= 4 is 114 Å². The number of guanidine groups is 2. The average molecular weight is 1180 g/mol. The summed E-state index contributed by atoms with van der Waals surface area (Å²) in [6.45, 7) is 4.96. The number of nitrogens with two attached hydrogens (primary N) is 5. The van der Waals surface area contributed by atoms with Crippen LogP contribution in [0.4, 0.5) is 4.79 Å². The highest BCUT2D eigenvalue weighted by Crippen LogP contribution is 2.20. The average Bonchev–Trinajstić information content (AvgIpc) is 4.17. The minimum absolute atomic E-state index is 0.0305. The predicted octanol–water partition coefficient (Wildman–Crippen LogP) is -4.11. The molecule has 1 saturated heterocycles. The summed E-state index contributed by atoms with van der Waals surface area (Å²) in [5.74, 6) is -8.53. The lowest BCUT2D eigenvalue weighted by Gasteiger charge is -2.28. The summed E-state index contributed by atoms with van der Waals surface area (Å²) in [7, 11) is 1.47. The largest absolute Gasteiger partial charge is 0.370 e. The number of amides is 11. The molecule has 0 bridgehead atoms. The molecule has 1 aliphatic rings. The molecule has 20 N–H and O–H groups in total. The number of hydrogen-bond donors (Lipinski definition) is 17. The number of imide groups is 1. The van der Waals surface area contributed by atoms with E-state index in [1.165, 1.54) is 20.3 Å². The van der Waals surface area contributed by atoms with Gasteiger partial charge in [0.1, 0.15) is 48.3 Å². The molecule has 4 rings (SSSR count). The number of primary amides is 1. The van der Waals surface area contributed by atoms with Crippen LogP contribution in [0.1, 0.15) is 50.2 Å². The zero-order valence-corrected chi connectivity index (χ0v) is 47.1. The number of urea groups is 1. The molecule has 2 aromatic carbocycles. The third kappa shape index (κ3) is 20.7. The highest BCUT2D eigenvalue weighted by Gasteiger charge is 2.40. The molecule has 0 unspecified atom stereocenters. The van der Waals surface area contributed by atoms with Crippen molar-refractivity contribution in [2.24, 2.45) is 43.6 Å². The van der Waals surface area contributed by atoms with E-state index >= 15 is 0 Å². The molecule has 1 aromatic heterocycles. The van der Waals surface area contributed by atoms with E-state index in [4.69, 9.17) is 28.7 Å². The second-order valence-corrected chi connectivity index (χ2v) is 19.5. The monoisotopic (exact) mass is 1180 g/mol. The molecule has 0 aliphatic carbocycles. The summed E-state index contributed by atoms with van der Waals surface area (Å²) in [6, 6.07) is 3.89. The van der Waals surface area contributed by atoms with Gasteiger partial charge in [0.25, 0.3) is 5.91 Å². The molecular formula is C51H73N19O10S2. The van der Waals surface area contributed by atoms with E-state index in [1.54, 1.807) is 42.6 Å². The van der Waals surface area contributed by atoms with Gasteiger partial charge in [-0.15, -0.1) is 0 Å². The lowest BCUT2D eigenvalue weighted by atomic mass is 10.0. The van der Waals surface area contributed by atoms with Crippen molar-refractivity contribution in [3.05, 3.63) is 84.2 Å². The van der Waals surface area contributed by atoms with Crippen LogP contribution in [0.3, 0.4) is 0 Å². The van der Waals surface area contributed by atoms with E-state index < -0.39 is 108 Å². The van der Waals surface area contributed by atoms with E-state index in [-0.39, 0.29) is 93.7 Å². The topological polar surface area (TPSA) is 465 Å². The van der Waals surface area contributed by atoms with Gasteiger partial charge in [-0.05, 0) is 49.8 Å². The number of nitrogens with zero attached hydrogens (tertiary/aromatic N) is 4. The first-order chi connectivity index (χ1) is 39.1. The van der Waals surface area contributed by atoms with Gasteiger partial charge in [-0.1, -0.05) is 55.1 Å². The minimum Gasteiger partial charge on any atom is -0.370 e.